The van der Waals surface area contributed by atoms with E-state index in [0.29, 0.717) is 5.92 Å². The van der Waals surface area contributed by atoms with Crippen molar-refractivity contribution in [1.29, 1.82) is 0 Å². The Morgan fingerprint density at radius 3 is 2.35 bits per heavy atom. The van der Waals surface area contributed by atoms with Gasteiger partial charge in [-0.1, -0.05) is 31.4 Å². The summed E-state index contributed by atoms with van der Waals surface area (Å²) in [5.41, 5.74) is 0.525. The highest BCUT2D eigenvalue weighted by atomic mass is 16.5. The summed E-state index contributed by atoms with van der Waals surface area (Å²) < 4.78 is 5.59. The first-order valence-electron chi connectivity index (χ1n) is 7.45. The van der Waals surface area contributed by atoms with Crippen LogP contribution in [0.3, 0.4) is 0 Å². The molecule has 0 atom stereocenters. The van der Waals surface area contributed by atoms with Crippen molar-refractivity contribution in [2.24, 2.45) is 5.41 Å². The summed E-state index contributed by atoms with van der Waals surface area (Å²) in [5, 5.41) is 9.05. The molecule has 1 aromatic rings. The second kappa shape index (κ2) is 6.29. The molecule has 20 heavy (non-hydrogen) atoms. The summed E-state index contributed by atoms with van der Waals surface area (Å²) in [7, 11) is 0. The third-order valence-corrected chi connectivity index (χ3v) is 4.14. The van der Waals surface area contributed by atoms with Crippen molar-refractivity contribution >= 4 is 5.97 Å². The predicted octanol–water partition coefficient (Wildman–Crippen LogP) is 4.22. The molecular weight excluding hydrogens is 252 g/mol. The van der Waals surface area contributed by atoms with Gasteiger partial charge in [0.1, 0.15) is 12.4 Å². The standard InChI is InChI=1S/C17H24O3/c1-17(2,16(18)19)12-20-15-10-8-14(9-11-15)13-6-4-3-5-7-13/h8-11,13H,3-7,12H2,1-2H3,(H,18,19). The van der Waals surface area contributed by atoms with Gasteiger partial charge < -0.3 is 9.84 Å². The number of hydrogen-bond acceptors (Lipinski definition) is 2. The van der Waals surface area contributed by atoms with Gasteiger partial charge in [0, 0.05) is 0 Å². The van der Waals surface area contributed by atoms with Crippen LogP contribution >= 0.6 is 0 Å². The van der Waals surface area contributed by atoms with Crippen molar-refractivity contribution in [2.45, 2.75) is 51.9 Å². The van der Waals surface area contributed by atoms with Gasteiger partial charge in [-0.2, -0.15) is 0 Å². The maximum atomic E-state index is 11.0. The smallest absolute Gasteiger partial charge is 0.312 e. The fourth-order valence-electron chi connectivity index (χ4n) is 2.60. The third-order valence-electron chi connectivity index (χ3n) is 4.14. The zero-order chi connectivity index (χ0) is 14.6. The van der Waals surface area contributed by atoms with E-state index in [2.05, 4.69) is 12.1 Å². The molecule has 0 aliphatic heterocycles. The van der Waals surface area contributed by atoms with E-state index in [1.165, 1.54) is 37.7 Å². The maximum absolute atomic E-state index is 11.0. The van der Waals surface area contributed by atoms with Gasteiger partial charge in [0.15, 0.2) is 0 Å². The number of carbonyl (C=O) groups is 1. The van der Waals surface area contributed by atoms with Crippen LogP contribution in [0.1, 0.15) is 57.4 Å². The number of carboxylic acid groups (broad SMARTS) is 1. The number of aliphatic carboxylic acids is 1. The highest BCUT2D eigenvalue weighted by molar-refractivity contribution is 5.73. The fraction of sp³-hybridized carbons (Fsp3) is 0.588. The molecule has 0 unspecified atom stereocenters. The number of hydrogen-bond donors (Lipinski definition) is 1. The van der Waals surface area contributed by atoms with Crippen molar-refractivity contribution in [3.05, 3.63) is 29.8 Å². The lowest BCUT2D eigenvalue weighted by Crippen LogP contribution is -2.30. The Kier molecular flexibility index (Phi) is 4.69. The lowest BCUT2D eigenvalue weighted by molar-refractivity contribution is -0.148. The van der Waals surface area contributed by atoms with Gasteiger partial charge in [-0.05, 0) is 50.3 Å². The van der Waals surface area contributed by atoms with E-state index in [1.54, 1.807) is 13.8 Å². The van der Waals surface area contributed by atoms with Gasteiger partial charge >= 0.3 is 5.97 Å². The Labute approximate surface area is 121 Å². The van der Waals surface area contributed by atoms with Gasteiger partial charge in [0.2, 0.25) is 0 Å². The molecule has 1 saturated carbocycles. The van der Waals surface area contributed by atoms with E-state index in [9.17, 15) is 4.79 Å². The maximum Gasteiger partial charge on any atom is 0.312 e. The zero-order valence-electron chi connectivity index (χ0n) is 12.4. The van der Waals surface area contributed by atoms with Gasteiger partial charge in [-0.25, -0.2) is 0 Å². The van der Waals surface area contributed by atoms with E-state index in [4.69, 9.17) is 9.84 Å². The normalized spacial score (nSPS) is 16.9. The minimum Gasteiger partial charge on any atom is -0.492 e. The van der Waals surface area contributed by atoms with Crippen LogP contribution in [-0.4, -0.2) is 17.7 Å². The van der Waals surface area contributed by atoms with Crippen molar-refractivity contribution in [2.75, 3.05) is 6.61 Å². The van der Waals surface area contributed by atoms with Gasteiger partial charge in [-0.15, -0.1) is 0 Å². The second-order valence-corrected chi connectivity index (χ2v) is 6.38. The number of carboxylic acids is 1. The molecule has 1 fully saturated rings. The van der Waals surface area contributed by atoms with Crippen LogP contribution in [0.4, 0.5) is 0 Å². The van der Waals surface area contributed by atoms with Crippen molar-refractivity contribution < 1.29 is 14.6 Å². The van der Waals surface area contributed by atoms with Gasteiger partial charge in [0.05, 0.1) is 5.41 Å². The Morgan fingerprint density at radius 1 is 1.20 bits per heavy atom. The van der Waals surface area contributed by atoms with Crippen molar-refractivity contribution in [3.63, 3.8) is 0 Å². The Hall–Kier alpha value is -1.51. The Bertz CT molecular complexity index is 442. The van der Waals surface area contributed by atoms with Gasteiger partial charge in [-0.3, -0.25) is 4.79 Å². The molecule has 0 spiro atoms. The average Bonchev–Trinajstić information content (AvgIpc) is 2.46. The predicted molar refractivity (Wildman–Crippen MR) is 79.2 cm³/mol. The molecule has 0 heterocycles. The summed E-state index contributed by atoms with van der Waals surface area (Å²) in [5.74, 6) is 0.600. The topological polar surface area (TPSA) is 46.5 Å². The van der Waals surface area contributed by atoms with Crippen molar-refractivity contribution in [3.8, 4) is 5.75 Å². The molecule has 0 bridgehead atoms. The second-order valence-electron chi connectivity index (χ2n) is 6.38. The molecule has 3 nitrogen and oxygen atoms in total. The first-order valence-corrected chi connectivity index (χ1v) is 7.45. The molecule has 0 saturated heterocycles. The molecule has 0 amide bonds. The average molecular weight is 276 g/mol. The van der Waals surface area contributed by atoms with Crippen LogP contribution in [0.25, 0.3) is 0 Å². The van der Waals surface area contributed by atoms with Crippen LogP contribution in [0, 0.1) is 5.41 Å². The first-order chi connectivity index (χ1) is 9.49. The first kappa shape index (κ1) is 14.9. The third kappa shape index (κ3) is 3.75. The highest BCUT2D eigenvalue weighted by Crippen LogP contribution is 2.33. The lowest BCUT2D eigenvalue weighted by Gasteiger charge is -2.22. The Morgan fingerprint density at radius 2 is 1.80 bits per heavy atom. The largest absolute Gasteiger partial charge is 0.492 e. The summed E-state index contributed by atoms with van der Waals surface area (Å²) in [6, 6.07) is 8.17. The molecule has 1 N–H and O–H groups in total. The fourth-order valence-corrected chi connectivity index (χ4v) is 2.60. The van der Waals surface area contributed by atoms with E-state index >= 15 is 0 Å². The van der Waals surface area contributed by atoms with Crippen LogP contribution in [-0.2, 0) is 4.79 Å². The molecule has 1 aliphatic carbocycles. The summed E-state index contributed by atoms with van der Waals surface area (Å²) >= 11 is 0. The summed E-state index contributed by atoms with van der Waals surface area (Å²) in [6.45, 7) is 3.53. The van der Waals surface area contributed by atoms with Crippen molar-refractivity contribution in [1.82, 2.24) is 0 Å². The molecule has 1 aliphatic rings. The minimum atomic E-state index is -0.859. The number of benzene rings is 1. The molecule has 3 heteroatoms. The molecular formula is C17H24O3. The van der Waals surface area contributed by atoms with E-state index < -0.39 is 11.4 Å². The molecule has 0 aromatic heterocycles. The lowest BCUT2D eigenvalue weighted by atomic mass is 9.84. The van der Waals surface area contributed by atoms with Crippen LogP contribution < -0.4 is 4.74 Å². The van der Waals surface area contributed by atoms with Crippen LogP contribution in [0.15, 0.2) is 24.3 Å². The van der Waals surface area contributed by atoms with E-state index in [0.717, 1.165) is 5.75 Å². The van der Waals surface area contributed by atoms with Crippen LogP contribution in [0.5, 0.6) is 5.75 Å². The number of rotatable bonds is 5. The van der Waals surface area contributed by atoms with Gasteiger partial charge in [0.25, 0.3) is 0 Å². The highest BCUT2D eigenvalue weighted by Gasteiger charge is 2.28. The van der Waals surface area contributed by atoms with E-state index in [-0.39, 0.29) is 6.61 Å². The Balaban J connectivity index is 1.93. The SMILES string of the molecule is CC(C)(COc1ccc(C2CCCCC2)cc1)C(=O)O. The molecule has 0 radical (unpaired) electrons. The minimum absolute atomic E-state index is 0.186. The molecule has 110 valence electrons. The monoisotopic (exact) mass is 276 g/mol. The molecule has 1 aromatic carbocycles. The van der Waals surface area contributed by atoms with Crippen LogP contribution in [0.2, 0.25) is 0 Å². The summed E-state index contributed by atoms with van der Waals surface area (Å²) in [6.07, 6.45) is 6.59. The number of ether oxygens (including phenoxy) is 1. The summed E-state index contributed by atoms with van der Waals surface area (Å²) in [4.78, 5) is 11.0. The zero-order valence-corrected chi connectivity index (χ0v) is 12.4. The molecule has 2 rings (SSSR count). The quantitative estimate of drug-likeness (QED) is 0.875. The van der Waals surface area contributed by atoms with E-state index in [1.807, 2.05) is 12.1 Å².